The van der Waals surface area contributed by atoms with Gasteiger partial charge in [-0.25, -0.2) is 12.9 Å². The summed E-state index contributed by atoms with van der Waals surface area (Å²) < 4.78 is 28.5. The van der Waals surface area contributed by atoms with Crippen molar-refractivity contribution in [1.29, 1.82) is 0 Å². The Morgan fingerprint density at radius 1 is 1.14 bits per heavy atom. The zero-order valence-corrected chi connectivity index (χ0v) is 11.9. The minimum Gasteiger partial charge on any atom is -0.279 e. The van der Waals surface area contributed by atoms with Crippen molar-refractivity contribution >= 4 is 26.9 Å². The van der Waals surface area contributed by atoms with Crippen molar-refractivity contribution in [2.24, 2.45) is 0 Å². The average Bonchev–Trinajstić information content (AvgIpc) is 2.94. The molecule has 0 unspecified atom stereocenters. The third-order valence-corrected chi connectivity index (χ3v) is 4.41. The van der Waals surface area contributed by atoms with Crippen molar-refractivity contribution in [3.8, 4) is 0 Å². The Bertz CT molecular complexity index is 948. The van der Waals surface area contributed by atoms with Gasteiger partial charge in [0.05, 0.1) is 21.0 Å². The number of hydrogen-bond donors (Lipinski definition) is 1. The molecular formula is C13H10N4O4S. The molecule has 3 aromatic rings. The van der Waals surface area contributed by atoms with Gasteiger partial charge in [0.15, 0.2) is 0 Å². The molecule has 0 amide bonds. The summed E-state index contributed by atoms with van der Waals surface area (Å²) in [6.07, 6.45) is 3.23. The molecular weight excluding hydrogens is 308 g/mol. The van der Waals surface area contributed by atoms with Crippen LogP contribution in [0.25, 0.3) is 5.52 Å². The van der Waals surface area contributed by atoms with Crippen LogP contribution < -0.4 is 4.72 Å². The van der Waals surface area contributed by atoms with E-state index in [1.807, 2.05) is 0 Å². The molecule has 9 heteroatoms. The first-order valence-corrected chi connectivity index (χ1v) is 7.65. The van der Waals surface area contributed by atoms with Crippen LogP contribution in [-0.2, 0) is 10.0 Å². The minimum absolute atomic E-state index is 0.0496. The summed E-state index contributed by atoms with van der Waals surface area (Å²) in [6, 6.07) is 9.63. The third-order valence-electron chi connectivity index (χ3n) is 3.01. The normalized spacial score (nSPS) is 11.5. The van der Waals surface area contributed by atoms with Crippen LogP contribution in [0, 0.1) is 10.1 Å². The first-order chi connectivity index (χ1) is 10.5. The summed E-state index contributed by atoms with van der Waals surface area (Å²) >= 11 is 0. The zero-order chi connectivity index (χ0) is 15.7. The molecule has 0 spiro atoms. The molecule has 2 heterocycles. The molecule has 0 bridgehead atoms. The van der Waals surface area contributed by atoms with E-state index in [4.69, 9.17) is 0 Å². The molecule has 8 nitrogen and oxygen atoms in total. The number of aromatic nitrogens is 2. The number of fused-ring (bicyclic) bond motifs is 1. The molecule has 3 rings (SSSR count). The molecule has 0 fully saturated rings. The fourth-order valence-corrected chi connectivity index (χ4v) is 3.00. The second-order valence-corrected chi connectivity index (χ2v) is 6.15. The van der Waals surface area contributed by atoms with Gasteiger partial charge in [0.1, 0.15) is 0 Å². The Kier molecular flexibility index (Phi) is 3.26. The van der Waals surface area contributed by atoms with E-state index in [-0.39, 0.29) is 10.6 Å². The summed E-state index contributed by atoms with van der Waals surface area (Å²) in [6.45, 7) is 0. The van der Waals surface area contributed by atoms with Gasteiger partial charge in [0.2, 0.25) is 0 Å². The largest absolute Gasteiger partial charge is 0.279 e. The molecule has 22 heavy (non-hydrogen) atoms. The van der Waals surface area contributed by atoms with Crippen LogP contribution in [-0.4, -0.2) is 23.0 Å². The van der Waals surface area contributed by atoms with Crippen molar-refractivity contribution in [3.05, 3.63) is 65.0 Å². The average molecular weight is 318 g/mol. The molecule has 0 aliphatic heterocycles. The summed E-state index contributed by atoms with van der Waals surface area (Å²) in [5, 5.41) is 14.6. The van der Waals surface area contributed by atoms with Gasteiger partial charge >= 0.3 is 0 Å². The molecule has 0 aliphatic rings. The van der Waals surface area contributed by atoms with E-state index < -0.39 is 14.9 Å². The Morgan fingerprint density at radius 3 is 2.55 bits per heavy atom. The highest BCUT2D eigenvalue weighted by Crippen LogP contribution is 2.20. The minimum atomic E-state index is -3.81. The predicted octanol–water partition coefficient (Wildman–Crippen LogP) is 2.04. The van der Waals surface area contributed by atoms with Gasteiger partial charge in [0, 0.05) is 24.5 Å². The monoisotopic (exact) mass is 318 g/mol. The van der Waals surface area contributed by atoms with E-state index in [0.29, 0.717) is 5.69 Å². The SMILES string of the molecule is O=[N+]([O-])c1ccc(S(=O)(=O)Nc2ccn3nccc3c2)cc1. The molecule has 2 aromatic heterocycles. The molecule has 0 aliphatic carbocycles. The topological polar surface area (TPSA) is 107 Å². The fraction of sp³-hybridized carbons (Fsp3) is 0. The van der Waals surface area contributed by atoms with Crippen molar-refractivity contribution in [2.45, 2.75) is 4.90 Å². The summed E-state index contributed by atoms with van der Waals surface area (Å²) in [5.74, 6) is 0. The summed E-state index contributed by atoms with van der Waals surface area (Å²) in [5.41, 5.74) is 0.954. The van der Waals surface area contributed by atoms with Gasteiger partial charge in [-0.2, -0.15) is 5.10 Å². The van der Waals surface area contributed by atoms with Gasteiger partial charge < -0.3 is 0 Å². The van der Waals surface area contributed by atoms with E-state index in [0.717, 1.165) is 17.6 Å². The number of benzene rings is 1. The number of hydrogen-bond acceptors (Lipinski definition) is 5. The number of nitrogens with one attached hydrogen (secondary N) is 1. The Hall–Kier alpha value is -2.94. The van der Waals surface area contributed by atoms with Crippen LogP contribution in [0.4, 0.5) is 11.4 Å². The lowest BCUT2D eigenvalue weighted by Gasteiger charge is -2.08. The summed E-state index contributed by atoms with van der Waals surface area (Å²) in [7, 11) is -3.81. The van der Waals surface area contributed by atoms with Crippen molar-refractivity contribution < 1.29 is 13.3 Å². The highest BCUT2D eigenvalue weighted by molar-refractivity contribution is 7.92. The second-order valence-electron chi connectivity index (χ2n) is 4.47. The number of sulfonamides is 1. The smallest absolute Gasteiger partial charge is 0.269 e. The lowest BCUT2D eigenvalue weighted by atomic mass is 10.3. The Balaban J connectivity index is 1.90. The standard InChI is InChI=1S/C13H10N4O4S/c18-17(19)11-1-3-13(4-2-11)22(20,21)15-10-6-8-16-12(9-10)5-7-14-16/h1-9,15H. The molecule has 0 atom stereocenters. The molecule has 112 valence electrons. The van der Waals surface area contributed by atoms with E-state index in [1.54, 1.807) is 35.1 Å². The van der Waals surface area contributed by atoms with Crippen molar-refractivity contribution in [2.75, 3.05) is 4.72 Å². The van der Waals surface area contributed by atoms with Gasteiger partial charge in [-0.3, -0.25) is 14.8 Å². The molecule has 0 saturated carbocycles. The first-order valence-electron chi connectivity index (χ1n) is 6.16. The number of rotatable bonds is 4. The van der Waals surface area contributed by atoms with E-state index in [2.05, 4.69) is 9.82 Å². The van der Waals surface area contributed by atoms with E-state index in [9.17, 15) is 18.5 Å². The first kappa shape index (κ1) is 14.0. The fourth-order valence-electron chi connectivity index (χ4n) is 1.95. The number of nitrogens with zero attached hydrogens (tertiary/aromatic N) is 3. The van der Waals surface area contributed by atoms with E-state index >= 15 is 0 Å². The van der Waals surface area contributed by atoms with Crippen molar-refractivity contribution in [3.63, 3.8) is 0 Å². The maximum atomic E-state index is 12.3. The number of nitro groups is 1. The second kappa shape index (κ2) is 5.11. The third kappa shape index (κ3) is 2.61. The van der Waals surface area contributed by atoms with Gasteiger partial charge in [-0.15, -0.1) is 0 Å². The lowest BCUT2D eigenvalue weighted by Crippen LogP contribution is -2.13. The highest BCUT2D eigenvalue weighted by atomic mass is 32.2. The maximum absolute atomic E-state index is 12.3. The van der Waals surface area contributed by atoms with Gasteiger partial charge in [0.25, 0.3) is 15.7 Å². The van der Waals surface area contributed by atoms with Gasteiger partial charge in [-0.05, 0) is 30.3 Å². The Morgan fingerprint density at radius 2 is 1.86 bits per heavy atom. The van der Waals surface area contributed by atoms with Crippen LogP contribution in [0.15, 0.2) is 59.8 Å². The van der Waals surface area contributed by atoms with Crippen molar-refractivity contribution in [1.82, 2.24) is 9.61 Å². The van der Waals surface area contributed by atoms with E-state index in [1.165, 1.54) is 12.1 Å². The van der Waals surface area contributed by atoms with Crippen LogP contribution in [0.5, 0.6) is 0 Å². The highest BCUT2D eigenvalue weighted by Gasteiger charge is 2.16. The quantitative estimate of drug-likeness (QED) is 0.585. The maximum Gasteiger partial charge on any atom is 0.269 e. The molecule has 1 aromatic carbocycles. The zero-order valence-electron chi connectivity index (χ0n) is 11.1. The predicted molar refractivity (Wildman–Crippen MR) is 79.1 cm³/mol. The molecule has 1 N–H and O–H groups in total. The summed E-state index contributed by atoms with van der Waals surface area (Å²) in [4.78, 5) is 9.95. The number of pyridine rings is 1. The number of anilines is 1. The van der Waals surface area contributed by atoms with Crippen LogP contribution >= 0.6 is 0 Å². The lowest BCUT2D eigenvalue weighted by molar-refractivity contribution is -0.384. The number of nitro benzene ring substituents is 1. The van der Waals surface area contributed by atoms with Crippen LogP contribution in [0.2, 0.25) is 0 Å². The van der Waals surface area contributed by atoms with Gasteiger partial charge in [-0.1, -0.05) is 0 Å². The molecule has 0 saturated heterocycles. The molecule has 0 radical (unpaired) electrons. The van der Waals surface area contributed by atoms with Crippen LogP contribution in [0.3, 0.4) is 0 Å². The van der Waals surface area contributed by atoms with Crippen LogP contribution in [0.1, 0.15) is 0 Å². The number of non-ortho nitro benzene ring substituents is 1. The Labute approximate surface area is 125 Å².